The Kier molecular flexibility index (Phi) is 6.36. The first-order valence-electron chi connectivity index (χ1n) is 19.3. The van der Waals surface area contributed by atoms with Gasteiger partial charge in [0.15, 0.2) is 0 Å². The van der Waals surface area contributed by atoms with E-state index in [0.29, 0.717) is 0 Å². The summed E-state index contributed by atoms with van der Waals surface area (Å²) in [6.07, 6.45) is 0. The van der Waals surface area contributed by atoms with E-state index in [0.717, 1.165) is 0 Å². The van der Waals surface area contributed by atoms with Gasteiger partial charge in [-0.15, -0.1) is 0 Å². The molecule has 11 aromatic rings. The summed E-state index contributed by atoms with van der Waals surface area (Å²) in [5.74, 6) is 0. The van der Waals surface area contributed by atoms with Gasteiger partial charge in [0.2, 0.25) is 0 Å². The average molecular weight is 695 g/mol. The Bertz CT molecular complexity index is 3240. The van der Waals surface area contributed by atoms with Crippen molar-refractivity contribution in [1.29, 1.82) is 0 Å². The van der Waals surface area contributed by atoms with Crippen LogP contribution in [0.3, 0.4) is 0 Å². The zero-order chi connectivity index (χ0) is 36.1. The molecular formula is C55H34. The molecular weight excluding hydrogens is 661 g/mol. The predicted octanol–water partition coefficient (Wildman–Crippen LogP) is 14.6. The maximum absolute atomic E-state index is 2.55. The molecule has 0 aliphatic heterocycles. The van der Waals surface area contributed by atoms with Crippen molar-refractivity contribution >= 4 is 53.9 Å². The third kappa shape index (κ3) is 4.17. The fourth-order valence-electron chi connectivity index (χ4n) is 10.2. The van der Waals surface area contributed by atoms with Gasteiger partial charge in [0.25, 0.3) is 0 Å². The summed E-state index contributed by atoms with van der Waals surface area (Å²) >= 11 is 0. The Morgan fingerprint density at radius 2 is 0.818 bits per heavy atom. The largest absolute Gasteiger partial charge is 0.0720 e. The second kappa shape index (κ2) is 11.5. The highest BCUT2D eigenvalue weighted by Crippen LogP contribution is 2.61. The van der Waals surface area contributed by atoms with Gasteiger partial charge in [0.1, 0.15) is 0 Å². The molecule has 0 spiro atoms. The lowest BCUT2D eigenvalue weighted by molar-refractivity contribution is 0.776. The van der Waals surface area contributed by atoms with E-state index < -0.39 is 5.41 Å². The van der Waals surface area contributed by atoms with E-state index in [1.807, 2.05) is 0 Å². The lowest BCUT2D eigenvalue weighted by atomic mass is 9.66. The highest BCUT2D eigenvalue weighted by atomic mass is 14.5. The van der Waals surface area contributed by atoms with Crippen LogP contribution in [0.1, 0.15) is 22.3 Å². The van der Waals surface area contributed by atoms with Crippen LogP contribution >= 0.6 is 0 Å². The molecule has 254 valence electrons. The van der Waals surface area contributed by atoms with Crippen molar-refractivity contribution in [3.05, 3.63) is 229 Å². The smallest absolute Gasteiger partial charge is 0.0622 e. The van der Waals surface area contributed by atoms with Crippen molar-refractivity contribution < 1.29 is 0 Å². The lowest BCUT2D eigenvalue weighted by Gasteiger charge is -2.35. The van der Waals surface area contributed by atoms with Gasteiger partial charge in [-0.3, -0.25) is 0 Å². The van der Waals surface area contributed by atoms with Crippen LogP contribution in [0.25, 0.3) is 87.2 Å². The molecule has 0 amide bonds. The molecule has 0 unspecified atom stereocenters. The Morgan fingerprint density at radius 1 is 0.291 bits per heavy atom. The van der Waals surface area contributed by atoms with Gasteiger partial charge in [0, 0.05) is 0 Å². The summed E-state index contributed by atoms with van der Waals surface area (Å²) in [6.45, 7) is 0. The maximum Gasteiger partial charge on any atom is 0.0720 e. The van der Waals surface area contributed by atoms with E-state index in [2.05, 4.69) is 206 Å². The van der Waals surface area contributed by atoms with Crippen LogP contribution in [0.15, 0.2) is 206 Å². The number of fused-ring (bicyclic) bond motifs is 6. The number of hydrogen-bond donors (Lipinski definition) is 0. The molecule has 1 aliphatic rings. The summed E-state index contributed by atoms with van der Waals surface area (Å²) in [6, 6.07) is 77.5. The molecule has 0 nitrogen and oxygen atoms in total. The van der Waals surface area contributed by atoms with Crippen molar-refractivity contribution in [3.63, 3.8) is 0 Å². The van der Waals surface area contributed by atoms with Crippen LogP contribution in [-0.4, -0.2) is 0 Å². The third-order valence-corrected chi connectivity index (χ3v) is 12.4. The van der Waals surface area contributed by atoms with Crippen LogP contribution in [0.2, 0.25) is 0 Å². The molecule has 0 N–H and O–H groups in total. The Balaban J connectivity index is 1.30. The molecule has 0 heterocycles. The summed E-state index contributed by atoms with van der Waals surface area (Å²) in [5.41, 5.74) is 12.3. The Morgan fingerprint density at radius 3 is 1.56 bits per heavy atom. The SMILES string of the molecule is c1ccc(C2(c3ccccc3)c3cc(-c4ccc5ccc6cccc7ccc4c5c67)cc(-c4cccc5ccccc45)c3-c3ccc4ccccc4c32)cc1. The molecule has 0 aromatic heterocycles. The number of hydrogen-bond acceptors (Lipinski definition) is 0. The summed E-state index contributed by atoms with van der Waals surface area (Å²) in [7, 11) is 0. The van der Waals surface area contributed by atoms with Gasteiger partial charge in [0.05, 0.1) is 5.41 Å². The molecule has 0 bridgehead atoms. The van der Waals surface area contributed by atoms with Gasteiger partial charge in [-0.1, -0.05) is 194 Å². The second-order valence-electron chi connectivity index (χ2n) is 15.1. The fraction of sp³-hybridized carbons (Fsp3) is 0.0182. The van der Waals surface area contributed by atoms with E-state index in [4.69, 9.17) is 0 Å². The van der Waals surface area contributed by atoms with Crippen molar-refractivity contribution in [1.82, 2.24) is 0 Å². The topological polar surface area (TPSA) is 0 Å². The molecule has 55 heavy (non-hydrogen) atoms. The Hall–Kier alpha value is -7.02. The monoisotopic (exact) mass is 694 g/mol. The zero-order valence-electron chi connectivity index (χ0n) is 30.1. The highest BCUT2D eigenvalue weighted by Gasteiger charge is 2.48. The van der Waals surface area contributed by atoms with Crippen molar-refractivity contribution in [2.45, 2.75) is 5.41 Å². The van der Waals surface area contributed by atoms with Crippen molar-refractivity contribution in [3.8, 4) is 33.4 Å². The Labute approximate surface area is 319 Å². The normalized spacial score (nSPS) is 13.2. The number of benzene rings is 11. The molecule has 0 saturated heterocycles. The van der Waals surface area contributed by atoms with E-state index in [9.17, 15) is 0 Å². The van der Waals surface area contributed by atoms with E-state index in [-0.39, 0.29) is 0 Å². The predicted molar refractivity (Wildman–Crippen MR) is 233 cm³/mol. The van der Waals surface area contributed by atoms with Gasteiger partial charge < -0.3 is 0 Å². The van der Waals surface area contributed by atoms with Crippen molar-refractivity contribution in [2.75, 3.05) is 0 Å². The van der Waals surface area contributed by atoms with E-state index in [1.54, 1.807) is 0 Å². The van der Waals surface area contributed by atoms with Gasteiger partial charge in [-0.05, 0) is 122 Å². The van der Waals surface area contributed by atoms with Gasteiger partial charge >= 0.3 is 0 Å². The second-order valence-corrected chi connectivity index (χ2v) is 15.1. The fourth-order valence-corrected chi connectivity index (χ4v) is 10.2. The number of rotatable bonds is 4. The quantitative estimate of drug-likeness (QED) is 0.161. The minimum atomic E-state index is -0.576. The van der Waals surface area contributed by atoms with Gasteiger partial charge in [-0.25, -0.2) is 0 Å². The van der Waals surface area contributed by atoms with Crippen LogP contribution in [0.5, 0.6) is 0 Å². The molecule has 1 aliphatic carbocycles. The van der Waals surface area contributed by atoms with E-state index >= 15 is 0 Å². The van der Waals surface area contributed by atoms with Gasteiger partial charge in [-0.2, -0.15) is 0 Å². The van der Waals surface area contributed by atoms with Crippen LogP contribution in [0.4, 0.5) is 0 Å². The first-order chi connectivity index (χ1) is 27.3. The molecule has 0 heteroatoms. The molecule has 12 rings (SSSR count). The average Bonchev–Trinajstić information content (AvgIpc) is 3.57. The minimum Gasteiger partial charge on any atom is -0.0622 e. The molecule has 0 saturated carbocycles. The molecule has 0 radical (unpaired) electrons. The van der Waals surface area contributed by atoms with Crippen LogP contribution < -0.4 is 0 Å². The molecule has 11 aromatic carbocycles. The maximum atomic E-state index is 2.55. The molecule has 0 atom stereocenters. The first-order valence-corrected chi connectivity index (χ1v) is 19.3. The van der Waals surface area contributed by atoms with Crippen LogP contribution in [0, 0.1) is 0 Å². The van der Waals surface area contributed by atoms with Crippen LogP contribution in [-0.2, 0) is 5.41 Å². The summed E-state index contributed by atoms with van der Waals surface area (Å²) in [5, 5.41) is 12.9. The van der Waals surface area contributed by atoms with Crippen molar-refractivity contribution in [2.24, 2.45) is 0 Å². The third-order valence-electron chi connectivity index (χ3n) is 12.4. The summed E-state index contributed by atoms with van der Waals surface area (Å²) in [4.78, 5) is 0. The van der Waals surface area contributed by atoms with E-state index in [1.165, 1.54) is 109 Å². The first kappa shape index (κ1) is 30.4. The summed E-state index contributed by atoms with van der Waals surface area (Å²) < 4.78 is 0. The standard InChI is InChI=1S/C55H34/c1-3-18-41(19-4-1)55(42-20-5-2-6-21-42)50-34-40(44-30-28-39-26-25-37-16-11-17-38-29-31-47(44)52(39)51(37)38)33-49(46-24-12-15-35-13-7-9-22-43(35)46)53(50)48-32-27-36-14-8-10-23-45(36)54(48)55/h1-34H. The minimum absolute atomic E-state index is 0.576. The molecule has 0 fully saturated rings. The lowest BCUT2D eigenvalue weighted by Crippen LogP contribution is -2.29. The zero-order valence-corrected chi connectivity index (χ0v) is 30.1. The highest BCUT2D eigenvalue weighted by molar-refractivity contribution is 6.25.